The molecule has 6 nitrogen and oxygen atoms in total. The van der Waals surface area contributed by atoms with Crippen LogP contribution >= 0.6 is 0 Å². The monoisotopic (exact) mass is 280 g/mol. The van der Waals surface area contributed by atoms with E-state index in [0.717, 1.165) is 31.7 Å². The Morgan fingerprint density at radius 2 is 2.15 bits per heavy atom. The summed E-state index contributed by atoms with van der Waals surface area (Å²) in [6, 6.07) is 4.70. The van der Waals surface area contributed by atoms with E-state index >= 15 is 0 Å². The number of benzene rings is 1. The SMILES string of the molecule is CC(=O)Oc1ccc([C@@H](CO)N2CCNCC2)cc1O. The molecule has 0 aromatic heterocycles. The van der Waals surface area contributed by atoms with Gasteiger partial charge in [0.25, 0.3) is 0 Å². The van der Waals surface area contributed by atoms with Crippen molar-refractivity contribution < 1.29 is 19.7 Å². The highest BCUT2D eigenvalue weighted by Gasteiger charge is 2.22. The van der Waals surface area contributed by atoms with Crippen molar-refractivity contribution in [3.8, 4) is 11.5 Å². The van der Waals surface area contributed by atoms with Crippen molar-refractivity contribution in [2.45, 2.75) is 13.0 Å². The number of piperazine rings is 1. The van der Waals surface area contributed by atoms with Gasteiger partial charge in [0.05, 0.1) is 12.6 Å². The van der Waals surface area contributed by atoms with Gasteiger partial charge in [0, 0.05) is 33.1 Å². The van der Waals surface area contributed by atoms with Crippen molar-refractivity contribution in [3.63, 3.8) is 0 Å². The topological polar surface area (TPSA) is 82.0 Å². The van der Waals surface area contributed by atoms with Crippen molar-refractivity contribution in [1.82, 2.24) is 10.2 Å². The minimum atomic E-state index is -0.478. The zero-order valence-corrected chi connectivity index (χ0v) is 11.5. The van der Waals surface area contributed by atoms with Gasteiger partial charge in [-0.05, 0) is 17.7 Å². The molecule has 0 bridgehead atoms. The number of rotatable bonds is 4. The summed E-state index contributed by atoms with van der Waals surface area (Å²) in [6.45, 7) is 4.72. The molecule has 1 aromatic carbocycles. The lowest BCUT2D eigenvalue weighted by Gasteiger charge is -2.34. The molecule has 0 radical (unpaired) electrons. The Morgan fingerprint density at radius 3 is 2.70 bits per heavy atom. The predicted molar refractivity (Wildman–Crippen MR) is 73.7 cm³/mol. The van der Waals surface area contributed by atoms with E-state index in [1.807, 2.05) is 0 Å². The number of nitrogens with zero attached hydrogens (tertiary/aromatic N) is 1. The quantitative estimate of drug-likeness (QED) is 0.542. The molecule has 1 aromatic rings. The molecule has 1 aliphatic rings. The summed E-state index contributed by atoms with van der Waals surface area (Å²) in [5, 5.41) is 22.8. The number of aromatic hydroxyl groups is 1. The third kappa shape index (κ3) is 3.47. The molecule has 1 aliphatic heterocycles. The van der Waals surface area contributed by atoms with Crippen molar-refractivity contribution in [2.75, 3.05) is 32.8 Å². The fourth-order valence-electron chi connectivity index (χ4n) is 2.41. The number of aliphatic hydroxyl groups is 1. The summed E-state index contributed by atoms with van der Waals surface area (Å²) in [4.78, 5) is 13.1. The average Bonchev–Trinajstić information content (AvgIpc) is 2.43. The highest BCUT2D eigenvalue weighted by molar-refractivity contribution is 5.70. The fourth-order valence-corrected chi connectivity index (χ4v) is 2.41. The van der Waals surface area contributed by atoms with Crippen LogP contribution in [0.2, 0.25) is 0 Å². The lowest BCUT2D eigenvalue weighted by molar-refractivity contribution is -0.132. The molecule has 1 heterocycles. The van der Waals surface area contributed by atoms with Gasteiger partial charge in [-0.25, -0.2) is 0 Å². The van der Waals surface area contributed by atoms with Gasteiger partial charge in [0.1, 0.15) is 0 Å². The Bertz CT molecular complexity index is 472. The van der Waals surface area contributed by atoms with Crippen LogP contribution < -0.4 is 10.1 Å². The fraction of sp³-hybridized carbons (Fsp3) is 0.500. The summed E-state index contributed by atoms with van der Waals surface area (Å²) in [5.74, 6) is -0.432. The van der Waals surface area contributed by atoms with Gasteiger partial charge in [0.2, 0.25) is 0 Å². The molecule has 1 atom stereocenters. The number of hydrogen-bond acceptors (Lipinski definition) is 6. The van der Waals surface area contributed by atoms with E-state index in [9.17, 15) is 15.0 Å². The smallest absolute Gasteiger partial charge is 0.308 e. The number of esters is 1. The minimum Gasteiger partial charge on any atom is -0.504 e. The Balaban J connectivity index is 2.17. The standard InChI is InChI=1S/C14H20N2O4/c1-10(18)20-14-3-2-11(8-13(14)19)12(9-17)16-6-4-15-5-7-16/h2-3,8,12,15,17,19H,4-7,9H2,1H3/t12-/m1/s1. The van der Waals surface area contributed by atoms with Crippen LogP contribution in [-0.4, -0.2) is 53.9 Å². The summed E-state index contributed by atoms with van der Waals surface area (Å²) < 4.78 is 4.88. The summed E-state index contributed by atoms with van der Waals surface area (Å²) in [5.41, 5.74) is 0.808. The van der Waals surface area contributed by atoms with Gasteiger partial charge in [-0.1, -0.05) is 6.07 Å². The zero-order valence-electron chi connectivity index (χ0n) is 11.5. The van der Waals surface area contributed by atoms with E-state index in [4.69, 9.17) is 4.74 Å². The predicted octanol–water partition coefficient (Wildman–Crippen LogP) is 0.256. The second-order valence-corrected chi connectivity index (χ2v) is 4.81. The van der Waals surface area contributed by atoms with Crippen LogP contribution in [0.25, 0.3) is 0 Å². The first kappa shape index (κ1) is 14.8. The van der Waals surface area contributed by atoms with E-state index in [1.54, 1.807) is 18.2 Å². The first-order valence-electron chi connectivity index (χ1n) is 6.68. The molecule has 3 N–H and O–H groups in total. The van der Waals surface area contributed by atoms with Gasteiger partial charge in [0.15, 0.2) is 11.5 Å². The second-order valence-electron chi connectivity index (χ2n) is 4.81. The van der Waals surface area contributed by atoms with E-state index in [0.29, 0.717) is 0 Å². The van der Waals surface area contributed by atoms with Gasteiger partial charge < -0.3 is 20.3 Å². The van der Waals surface area contributed by atoms with Crippen molar-refractivity contribution in [1.29, 1.82) is 0 Å². The van der Waals surface area contributed by atoms with Gasteiger partial charge in [-0.2, -0.15) is 0 Å². The number of hydrogen-bond donors (Lipinski definition) is 3. The molecule has 2 rings (SSSR count). The number of carbonyl (C=O) groups excluding carboxylic acids is 1. The van der Waals surface area contributed by atoms with Crippen LogP contribution in [-0.2, 0) is 4.79 Å². The molecule has 0 saturated carbocycles. The summed E-state index contributed by atoms with van der Waals surface area (Å²) in [6.07, 6.45) is 0. The van der Waals surface area contributed by atoms with E-state index in [-0.39, 0.29) is 24.1 Å². The van der Waals surface area contributed by atoms with E-state index < -0.39 is 5.97 Å². The summed E-state index contributed by atoms with van der Waals surface area (Å²) >= 11 is 0. The molecule has 1 fully saturated rings. The maximum Gasteiger partial charge on any atom is 0.308 e. The van der Waals surface area contributed by atoms with Crippen LogP contribution in [0.4, 0.5) is 0 Å². The van der Waals surface area contributed by atoms with Crippen LogP contribution in [0.3, 0.4) is 0 Å². The number of phenolic OH excluding ortho intramolecular Hbond substituents is 1. The Labute approximate surface area is 118 Å². The Kier molecular flexibility index (Phi) is 4.94. The lowest BCUT2D eigenvalue weighted by Crippen LogP contribution is -2.46. The summed E-state index contributed by atoms with van der Waals surface area (Å²) in [7, 11) is 0. The van der Waals surface area contributed by atoms with Crippen molar-refractivity contribution in [3.05, 3.63) is 23.8 Å². The highest BCUT2D eigenvalue weighted by atomic mass is 16.5. The van der Waals surface area contributed by atoms with Crippen LogP contribution in [0.1, 0.15) is 18.5 Å². The molecule has 110 valence electrons. The van der Waals surface area contributed by atoms with Crippen LogP contribution in [0.15, 0.2) is 18.2 Å². The van der Waals surface area contributed by atoms with Crippen molar-refractivity contribution in [2.24, 2.45) is 0 Å². The van der Waals surface area contributed by atoms with E-state index in [1.165, 1.54) is 6.92 Å². The highest BCUT2D eigenvalue weighted by Crippen LogP contribution is 2.31. The Morgan fingerprint density at radius 1 is 1.45 bits per heavy atom. The number of ether oxygens (including phenoxy) is 1. The number of aliphatic hydroxyl groups excluding tert-OH is 1. The van der Waals surface area contributed by atoms with Gasteiger partial charge in [-0.3, -0.25) is 9.69 Å². The maximum absolute atomic E-state index is 10.9. The number of nitrogens with one attached hydrogen (secondary N) is 1. The largest absolute Gasteiger partial charge is 0.504 e. The van der Waals surface area contributed by atoms with Crippen molar-refractivity contribution >= 4 is 5.97 Å². The Hall–Kier alpha value is -1.63. The average molecular weight is 280 g/mol. The maximum atomic E-state index is 10.9. The second kappa shape index (κ2) is 6.69. The first-order valence-corrected chi connectivity index (χ1v) is 6.68. The van der Waals surface area contributed by atoms with Gasteiger partial charge in [-0.15, -0.1) is 0 Å². The molecule has 0 spiro atoms. The zero-order chi connectivity index (χ0) is 14.5. The molecule has 1 saturated heterocycles. The molecule has 0 unspecified atom stereocenters. The van der Waals surface area contributed by atoms with Crippen LogP contribution in [0, 0.1) is 0 Å². The van der Waals surface area contributed by atoms with E-state index in [2.05, 4.69) is 10.2 Å². The third-order valence-corrected chi connectivity index (χ3v) is 3.39. The first-order chi connectivity index (χ1) is 9.61. The molecular formula is C14H20N2O4. The van der Waals surface area contributed by atoms with Crippen LogP contribution in [0.5, 0.6) is 11.5 Å². The number of phenols is 1. The third-order valence-electron chi connectivity index (χ3n) is 3.39. The molecule has 0 amide bonds. The minimum absolute atomic E-state index is 0.0215. The normalized spacial score (nSPS) is 17.7. The molecule has 20 heavy (non-hydrogen) atoms. The molecular weight excluding hydrogens is 260 g/mol. The lowest BCUT2D eigenvalue weighted by atomic mass is 10.0. The molecule has 6 heteroatoms. The molecule has 0 aliphatic carbocycles. The van der Waals surface area contributed by atoms with Gasteiger partial charge >= 0.3 is 5.97 Å². The number of carbonyl (C=O) groups is 1.